The molecular weight excluding hydrogens is 264 g/mol. The van der Waals surface area contributed by atoms with E-state index in [1.165, 1.54) is 7.11 Å². The van der Waals surface area contributed by atoms with Gasteiger partial charge in [-0.3, -0.25) is 0 Å². The van der Waals surface area contributed by atoms with Gasteiger partial charge in [-0.05, 0) is 41.8 Å². The molecule has 0 saturated carbocycles. The first kappa shape index (κ1) is 15.1. The summed E-state index contributed by atoms with van der Waals surface area (Å²) in [7, 11) is 1.39. The molecule has 2 rings (SSSR count). The Labute approximate surface area is 125 Å². The SMILES string of the molecule is CCCCOc1cccc(-c2cccc(C(=O)OC)c2)c1. The van der Waals surface area contributed by atoms with E-state index in [-0.39, 0.29) is 5.97 Å². The molecule has 3 heteroatoms. The van der Waals surface area contributed by atoms with Crippen LogP contribution in [-0.4, -0.2) is 19.7 Å². The first-order chi connectivity index (χ1) is 10.2. The smallest absolute Gasteiger partial charge is 0.337 e. The minimum atomic E-state index is -0.327. The minimum Gasteiger partial charge on any atom is -0.494 e. The van der Waals surface area contributed by atoms with Gasteiger partial charge in [-0.2, -0.15) is 0 Å². The lowest BCUT2D eigenvalue weighted by atomic mass is 10.0. The van der Waals surface area contributed by atoms with Crippen LogP contribution in [0.1, 0.15) is 30.1 Å². The summed E-state index contributed by atoms with van der Waals surface area (Å²) in [5.41, 5.74) is 2.54. The van der Waals surface area contributed by atoms with Gasteiger partial charge < -0.3 is 9.47 Å². The maximum Gasteiger partial charge on any atom is 0.337 e. The predicted octanol–water partition coefficient (Wildman–Crippen LogP) is 4.32. The zero-order valence-electron chi connectivity index (χ0n) is 12.5. The first-order valence-corrected chi connectivity index (χ1v) is 7.16. The van der Waals surface area contributed by atoms with E-state index in [9.17, 15) is 4.79 Å². The van der Waals surface area contributed by atoms with Crippen LogP contribution < -0.4 is 4.74 Å². The second-order valence-corrected chi connectivity index (χ2v) is 4.80. The van der Waals surface area contributed by atoms with E-state index in [4.69, 9.17) is 9.47 Å². The molecular formula is C18H20O3. The maximum absolute atomic E-state index is 11.6. The van der Waals surface area contributed by atoms with Gasteiger partial charge in [0.15, 0.2) is 0 Å². The number of hydrogen-bond acceptors (Lipinski definition) is 3. The van der Waals surface area contributed by atoms with Crippen molar-refractivity contribution in [3.05, 3.63) is 54.1 Å². The molecule has 0 atom stereocenters. The molecule has 110 valence electrons. The number of benzene rings is 2. The zero-order chi connectivity index (χ0) is 15.1. The molecule has 2 aromatic rings. The van der Waals surface area contributed by atoms with Crippen LogP contribution in [0, 0.1) is 0 Å². The van der Waals surface area contributed by atoms with Crippen molar-refractivity contribution >= 4 is 5.97 Å². The Morgan fingerprint density at radius 1 is 1.05 bits per heavy atom. The Kier molecular flexibility index (Phi) is 5.38. The molecule has 0 aliphatic heterocycles. The summed E-state index contributed by atoms with van der Waals surface area (Å²) < 4.78 is 10.5. The number of ether oxygens (including phenoxy) is 2. The average Bonchev–Trinajstić information content (AvgIpc) is 2.55. The Morgan fingerprint density at radius 2 is 1.76 bits per heavy atom. The number of unbranched alkanes of at least 4 members (excludes halogenated alkanes) is 1. The Morgan fingerprint density at radius 3 is 2.48 bits per heavy atom. The van der Waals surface area contributed by atoms with Gasteiger partial charge in [0.1, 0.15) is 5.75 Å². The highest BCUT2D eigenvalue weighted by Gasteiger charge is 2.07. The van der Waals surface area contributed by atoms with E-state index in [2.05, 4.69) is 6.92 Å². The molecule has 21 heavy (non-hydrogen) atoms. The monoisotopic (exact) mass is 284 g/mol. The molecule has 0 aliphatic carbocycles. The van der Waals surface area contributed by atoms with E-state index in [1.54, 1.807) is 6.07 Å². The topological polar surface area (TPSA) is 35.5 Å². The molecule has 0 heterocycles. The summed E-state index contributed by atoms with van der Waals surface area (Å²) in [6, 6.07) is 15.3. The van der Waals surface area contributed by atoms with Crippen LogP contribution in [0.5, 0.6) is 5.75 Å². The predicted molar refractivity (Wildman–Crippen MR) is 83.6 cm³/mol. The van der Waals surface area contributed by atoms with Crippen LogP contribution in [0.25, 0.3) is 11.1 Å². The number of methoxy groups -OCH3 is 1. The fraction of sp³-hybridized carbons (Fsp3) is 0.278. The van der Waals surface area contributed by atoms with Gasteiger partial charge in [0.05, 0.1) is 19.3 Å². The van der Waals surface area contributed by atoms with Crippen molar-refractivity contribution in [1.29, 1.82) is 0 Å². The van der Waals surface area contributed by atoms with Gasteiger partial charge in [-0.25, -0.2) is 4.79 Å². The summed E-state index contributed by atoms with van der Waals surface area (Å²) in [4.78, 5) is 11.6. The number of esters is 1. The highest BCUT2D eigenvalue weighted by atomic mass is 16.5. The van der Waals surface area contributed by atoms with Gasteiger partial charge in [0.25, 0.3) is 0 Å². The number of carbonyl (C=O) groups is 1. The van der Waals surface area contributed by atoms with Crippen molar-refractivity contribution in [1.82, 2.24) is 0 Å². The van der Waals surface area contributed by atoms with Gasteiger partial charge >= 0.3 is 5.97 Å². The Balaban J connectivity index is 2.21. The average molecular weight is 284 g/mol. The summed E-state index contributed by atoms with van der Waals surface area (Å²) in [5, 5.41) is 0. The zero-order valence-corrected chi connectivity index (χ0v) is 12.5. The number of hydrogen-bond donors (Lipinski definition) is 0. The fourth-order valence-electron chi connectivity index (χ4n) is 2.04. The molecule has 0 spiro atoms. The maximum atomic E-state index is 11.6. The summed E-state index contributed by atoms with van der Waals surface area (Å²) in [6.07, 6.45) is 2.16. The Hall–Kier alpha value is -2.29. The highest BCUT2D eigenvalue weighted by Crippen LogP contribution is 2.25. The molecule has 0 aromatic heterocycles. The van der Waals surface area contributed by atoms with Crippen molar-refractivity contribution in [2.24, 2.45) is 0 Å². The van der Waals surface area contributed by atoms with E-state index in [0.717, 1.165) is 36.3 Å². The number of carbonyl (C=O) groups excluding carboxylic acids is 1. The molecule has 0 amide bonds. The van der Waals surface area contributed by atoms with Crippen LogP contribution in [0.15, 0.2) is 48.5 Å². The number of rotatable bonds is 6. The quantitative estimate of drug-likeness (QED) is 0.585. The largest absolute Gasteiger partial charge is 0.494 e. The second kappa shape index (κ2) is 7.48. The normalized spacial score (nSPS) is 10.2. The van der Waals surface area contributed by atoms with Gasteiger partial charge in [-0.15, -0.1) is 0 Å². The van der Waals surface area contributed by atoms with Crippen molar-refractivity contribution in [2.75, 3.05) is 13.7 Å². The third kappa shape index (κ3) is 4.09. The van der Waals surface area contributed by atoms with Crippen molar-refractivity contribution in [2.45, 2.75) is 19.8 Å². The third-order valence-electron chi connectivity index (χ3n) is 3.22. The van der Waals surface area contributed by atoms with Crippen LogP contribution in [0.3, 0.4) is 0 Å². The minimum absolute atomic E-state index is 0.327. The van der Waals surface area contributed by atoms with Crippen LogP contribution in [0.4, 0.5) is 0 Å². The molecule has 0 N–H and O–H groups in total. The summed E-state index contributed by atoms with van der Waals surface area (Å²) in [5.74, 6) is 0.525. The lowest BCUT2D eigenvalue weighted by molar-refractivity contribution is 0.0601. The summed E-state index contributed by atoms with van der Waals surface area (Å²) >= 11 is 0. The van der Waals surface area contributed by atoms with Gasteiger partial charge in [0.2, 0.25) is 0 Å². The highest BCUT2D eigenvalue weighted by molar-refractivity contribution is 5.91. The fourth-order valence-corrected chi connectivity index (χ4v) is 2.04. The molecule has 0 saturated heterocycles. The molecule has 2 aromatic carbocycles. The first-order valence-electron chi connectivity index (χ1n) is 7.16. The van der Waals surface area contributed by atoms with Crippen LogP contribution in [0.2, 0.25) is 0 Å². The molecule has 0 bridgehead atoms. The van der Waals surface area contributed by atoms with Gasteiger partial charge in [-0.1, -0.05) is 37.6 Å². The van der Waals surface area contributed by atoms with Crippen LogP contribution in [-0.2, 0) is 4.74 Å². The molecule has 0 unspecified atom stereocenters. The Bertz CT molecular complexity index is 605. The summed E-state index contributed by atoms with van der Waals surface area (Å²) in [6.45, 7) is 2.86. The van der Waals surface area contributed by atoms with Gasteiger partial charge in [0, 0.05) is 0 Å². The molecule has 0 aliphatic rings. The van der Waals surface area contributed by atoms with E-state index in [1.807, 2.05) is 42.5 Å². The van der Waals surface area contributed by atoms with E-state index >= 15 is 0 Å². The van der Waals surface area contributed by atoms with E-state index < -0.39 is 0 Å². The molecule has 0 radical (unpaired) electrons. The third-order valence-corrected chi connectivity index (χ3v) is 3.22. The molecule has 3 nitrogen and oxygen atoms in total. The van der Waals surface area contributed by atoms with E-state index in [0.29, 0.717) is 5.56 Å². The second-order valence-electron chi connectivity index (χ2n) is 4.80. The molecule has 0 fully saturated rings. The van der Waals surface area contributed by atoms with Crippen molar-refractivity contribution in [3.63, 3.8) is 0 Å². The van der Waals surface area contributed by atoms with Crippen molar-refractivity contribution in [3.8, 4) is 16.9 Å². The standard InChI is InChI=1S/C18H20O3/c1-3-4-11-21-17-10-6-8-15(13-17)14-7-5-9-16(12-14)18(19)20-2/h5-10,12-13H,3-4,11H2,1-2H3. The lowest BCUT2D eigenvalue weighted by Crippen LogP contribution is -2.00. The lowest BCUT2D eigenvalue weighted by Gasteiger charge is -2.08. The van der Waals surface area contributed by atoms with Crippen molar-refractivity contribution < 1.29 is 14.3 Å². The van der Waals surface area contributed by atoms with Crippen LogP contribution >= 0.6 is 0 Å².